The standard InChI is InChI=1S/C16H15N7O3S/c1-8-12(23(24)25)14(17)21-16(20-8)26-22-10(3)13-9(2)19-15(27-13)11-5-4-6-18-7-11/h4-7H,1-3H3,(H2,17,20,21)/b22-10+. The average Bonchev–Trinajstić information content (AvgIpc) is 3.01. The molecule has 0 aliphatic rings. The second-order valence-electron chi connectivity index (χ2n) is 5.53. The fraction of sp³-hybridized carbons (Fsp3) is 0.188. The van der Waals surface area contributed by atoms with E-state index < -0.39 is 4.92 Å². The second kappa shape index (κ2) is 7.41. The third-order valence-corrected chi connectivity index (χ3v) is 4.86. The lowest BCUT2D eigenvalue weighted by atomic mass is 10.3. The topological polar surface area (TPSA) is 142 Å². The lowest BCUT2D eigenvalue weighted by molar-refractivity contribution is -0.385. The zero-order valence-electron chi connectivity index (χ0n) is 14.7. The van der Waals surface area contributed by atoms with Crippen LogP contribution in [0.25, 0.3) is 10.6 Å². The number of oxime groups is 1. The molecule has 3 aromatic heterocycles. The quantitative estimate of drug-likeness (QED) is 0.401. The van der Waals surface area contributed by atoms with Crippen molar-refractivity contribution in [3.05, 3.63) is 50.9 Å². The second-order valence-corrected chi connectivity index (χ2v) is 6.52. The Kier molecular flexibility index (Phi) is 5.03. The van der Waals surface area contributed by atoms with Gasteiger partial charge < -0.3 is 10.6 Å². The molecule has 0 aliphatic carbocycles. The Morgan fingerprint density at radius 1 is 1.30 bits per heavy atom. The molecule has 0 fully saturated rings. The Morgan fingerprint density at radius 2 is 2.07 bits per heavy atom. The monoisotopic (exact) mass is 385 g/mol. The van der Waals surface area contributed by atoms with Gasteiger partial charge in [-0.25, -0.2) is 4.98 Å². The number of rotatable bonds is 5. The first-order valence-electron chi connectivity index (χ1n) is 7.75. The van der Waals surface area contributed by atoms with Crippen LogP contribution in [-0.2, 0) is 0 Å². The number of nitrogens with two attached hydrogens (primary N) is 1. The highest BCUT2D eigenvalue weighted by molar-refractivity contribution is 7.17. The van der Waals surface area contributed by atoms with Crippen LogP contribution in [0.15, 0.2) is 29.7 Å². The van der Waals surface area contributed by atoms with E-state index >= 15 is 0 Å². The average molecular weight is 385 g/mol. The fourth-order valence-corrected chi connectivity index (χ4v) is 3.32. The Bertz CT molecular complexity index is 1010. The van der Waals surface area contributed by atoms with E-state index in [1.165, 1.54) is 18.3 Å². The van der Waals surface area contributed by atoms with Crippen molar-refractivity contribution in [1.82, 2.24) is 19.9 Å². The zero-order chi connectivity index (χ0) is 19.6. The SMILES string of the molecule is C/C(=N\Oc1nc(C)c([N+](=O)[O-])c(N)n1)c1sc(-c2cccnc2)nc1C. The molecule has 3 heterocycles. The van der Waals surface area contributed by atoms with Gasteiger partial charge in [0.05, 0.1) is 21.2 Å². The predicted octanol–water partition coefficient (Wildman–Crippen LogP) is 2.91. The van der Waals surface area contributed by atoms with Crippen LogP contribution in [0, 0.1) is 24.0 Å². The van der Waals surface area contributed by atoms with Gasteiger partial charge in [-0.1, -0.05) is 5.16 Å². The van der Waals surface area contributed by atoms with Crippen molar-refractivity contribution in [2.45, 2.75) is 20.8 Å². The van der Waals surface area contributed by atoms with Gasteiger partial charge in [0, 0.05) is 18.0 Å². The van der Waals surface area contributed by atoms with Crippen molar-refractivity contribution in [3.63, 3.8) is 0 Å². The number of hydrogen-bond donors (Lipinski definition) is 1. The van der Waals surface area contributed by atoms with E-state index in [4.69, 9.17) is 10.6 Å². The van der Waals surface area contributed by atoms with Crippen LogP contribution in [0.1, 0.15) is 23.2 Å². The minimum atomic E-state index is -0.635. The molecule has 11 heteroatoms. The van der Waals surface area contributed by atoms with Gasteiger partial charge in [-0.05, 0) is 32.9 Å². The van der Waals surface area contributed by atoms with Crippen LogP contribution in [0.2, 0.25) is 0 Å². The van der Waals surface area contributed by atoms with Crippen LogP contribution in [0.4, 0.5) is 11.5 Å². The molecule has 3 aromatic rings. The normalized spacial score (nSPS) is 11.4. The highest BCUT2D eigenvalue weighted by atomic mass is 32.1. The molecule has 138 valence electrons. The molecular formula is C16H15N7O3S. The maximum atomic E-state index is 10.9. The van der Waals surface area contributed by atoms with Gasteiger partial charge in [0.25, 0.3) is 0 Å². The molecule has 0 aromatic carbocycles. The third kappa shape index (κ3) is 3.87. The van der Waals surface area contributed by atoms with Crippen LogP contribution >= 0.6 is 11.3 Å². The number of pyridine rings is 1. The molecule has 0 saturated heterocycles. The molecule has 0 aliphatic heterocycles. The molecule has 0 radical (unpaired) electrons. The van der Waals surface area contributed by atoms with Crippen molar-refractivity contribution in [3.8, 4) is 16.6 Å². The highest BCUT2D eigenvalue weighted by Crippen LogP contribution is 2.28. The van der Waals surface area contributed by atoms with Crippen molar-refractivity contribution in [2.24, 2.45) is 5.16 Å². The summed E-state index contributed by atoms with van der Waals surface area (Å²) in [5.74, 6) is -0.275. The van der Waals surface area contributed by atoms with Crippen molar-refractivity contribution in [2.75, 3.05) is 5.73 Å². The van der Waals surface area contributed by atoms with E-state index in [1.54, 1.807) is 19.3 Å². The van der Waals surface area contributed by atoms with Crippen LogP contribution < -0.4 is 10.6 Å². The van der Waals surface area contributed by atoms with E-state index in [-0.39, 0.29) is 23.2 Å². The number of nitrogens with zero attached hydrogens (tertiary/aromatic N) is 6. The summed E-state index contributed by atoms with van der Waals surface area (Å²) in [5, 5.41) is 15.8. The van der Waals surface area contributed by atoms with Crippen molar-refractivity contribution >= 4 is 28.6 Å². The van der Waals surface area contributed by atoms with Crippen molar-refractivity contribution in [1.29, 1.82) is 0 Å². The maximum Gasteiger partial charge on any atom is 0.348 e. The van der Waals surface area contributed by atoms with Gasteiger partial charge >= 0.3 is 11.7 Å². The largest absolute Gasteiger partial charge is 0.378 e. The number of anilines is 1. The smallest absolute Gasteiger partial charge is 0.348 e. The number of aromatic nitrogens is 4. The molecule has 0 atom stereocenters. The molecular weight excluding hydrogens is 370 g/mol. The summed E-state index contributed by atoms with van der Waals surface area (Å²) >= 11 is 1.45. The molecule has 0 unspecified atom stereocenters. The molecule has 3 rings (SSSR count). The van der Waals surface area contributed by atoms with Gasteiger partial charge in [-0.2, -0.15) is 9.97 Å². The molecule has 0 saturated carbocycles. The molecule has 0 bridgehead atoms. The Labute approximate surface area is 157 Å². The van der Waals surface area contributed by atoms with Gasteiger partial charge in [0.1, 0.15) is 10.7 Å². The summed E-state index contributed by atoms with van der Waals surface area (Å²) in [5.41, 5.74) is 7.63. The summed E-state index contributed by atoms with van der Waals surface area (Å²) in [7, 11) is 0. The molecule has 2 N–H and O–H groups in total. The summed E-state index contributed by atoms with van der Waals surface area (Å²) in [6, 6.07) is 3.60. The number of hydrogen-bond acceptors (Lipinski definition) is 10. The Balaban J connectivity index is 1.85. The van der Waals surface area contributed by atoms with Crippen molar-refractivity contribution < 1.29 is 9.76 Å². The minimum Gasteiger partial charge on any atom is -0.378 e. The maximum absolute atomic E-state index is 10.9. The lowest BCUT2D eigenvalue weighted by Crippen LogP contribution is -2.06. The van der Waals surface area contributed by atoms with E-state index in [2.05, 4.69) is 25.1 Å². The third-order valence-electron chi connectivity index (χ3n) is 3.55. The summed E-state index contributed by atoms with van der Waals surface area (Å²) in [4.78, 5) is 32.7. The van der Waals surface area contributed by atoms with E-state index in [0.29, 0.717) is 5.71 Å². The fourth-order valence-electron chi connectivity index (χ4n) is 2.32. The first kappa shape index (κ1) is 18.3. The molecule has 27 heavy (non-hydrogen) atoms. The highest BCUT2D eigenvalue weighted by Gasteiger charge is 2.20. The van der Waals surface area contributed by atoms with E-state index in [0.717, 1.165) is 21.1 Å². The van der Waals surface area contributed by atoms with Gasteiger partial charge in [-0.15, -0.1) is 11.3 Å². The Morgan fingerprint density at radius 3 is 2.70 bits per heavy atom. The Hall–Kier alpha value is -3.47. The molecule has 0 spiro atoms. The molecule has 0 amide bonds. The number of nitrogen functional groups attached to an aromatic ring is 1. The number of nitro groups is 1. The minimum absolute atomic E-state index is 0.100. The van der Waals surface area contributed by atoms with E-state index in [9.17, 15) is 10.1 Å². The first-order chi connectivity index (χ1) is 12.9. The number of thiazole rings is 1. The zero-order valence-corrected chi connectivity index (χ0v) is 15.5. The van der Waals surface area contributed by atoms with Gasteiger partial charge in [-0.3, -0.25) is 15.1 Å². The summed E-state index contributed by atoms with van der Waals surface area (Å²) in [6.45, 7) is 5.08. The number of aryl methyl sites for hydroxylation is 2. The molecule has 10 nitrogen and oxygen atoms in total. The van der Waals surface area contributed by atoms with E-state index in [1.807, 2.05) is 19.1 Å². The van der Waals surface area contributed by atoms with Crippen LogP contribution in [0.5, 0.6) is 6.01 Å². The van der Waals surface area contributed by atoms with Crippen LogP contribution in [-0.4, -0.2) is 30.6 Å². The first-order valence-corrected chi connectivity index (χ1v) is 8.56. The van der Waals surface area contributed by atoms with Crippen LogP contribution in [0.3, 0.4) is 0 Å². The van der Waals surface area contributed by atoms with Gasteiger partial charge in [0.2, 0.25) is 5.82 Å². The lowest BCUT2D eigenvalue weighted by Gasteiger charge is -2.03. The predicted molar refractivity (Wildman–Crippen MR) is 101 cm³/mol. The van der Waals surface area contributed by atoms with Gasteiger partial charge in [0.15, 0.2) is 0 Å². The summed E-state index contributed by atoms with van der Waals surface area (Å²) in [6.07, 6.45) is 3.44. The summed E-state index contributed by atoms with van der Waals surface area (Å²) < 4.78 is 0.